The maximum absolute atomic E-state index is 12.0. The van der Waals surface area contributed by atoms with Crippen LogP contribution in [0.2, 0.25) is 0 Å². The predicted octanol–water partition coefficient (Wildman–Crippen LogP) is 2.11. The van der Waals surface area contributed by atoms with Crippen LogP contribution in [0.5, 0.6) is 5.75 Å². The van der Waals surface area contributed by atoms with E-state index in [4.69, 9.17) is 5.73 Å². The van der Waals surface area contributed by atoms with Crippen molar-refractivity contribution in [3.05, 3.63) is 43.1 Å². The summed E-state index contributed by atoms with van der Waals surface area (Å²) in [5.74, 6) is -3.99. The van der Waals surface area contributed by atoms with Crippen molar-refractivity contribution in [1.82, 2.24) is 4.98 Å². The maximum atomic E-state index is 12.0. The number of nitrogen functional groups attached to an aromatic ring is 1. The normalized spacial score (nSPS) is 10.6. The minimum absolute atomic E-state index is 0.0746. The fourth-order valence-corrected chi connectivity index (χ4v) is 3.01. The Morgan fingerprint density at radius 3 is 2.17 bits per heavy atom. The maximum Gasteiger partial charge on any atom is 0.342 e. The molecule has 0 bridgehead atoms. The van der Waals surface area contributed by atoms with Gasteiger partial charge in [0.25, 0.3) is 5.56 Å². The number of anilines is 1. The van der Waals surface area contributed by atoms with Gasteiger partial charge in [0.15, 0.2) is 0 Å². The van der Waals surface area contributed by atoms with Crippen LogP contribution in [0.3, 0.4) is 0 Å². The Balaban J connectivity index is 3.18. The van der Waals surface area contributed by atoms with E-state index in [-0.39, 0.29) is 11.3 Å². The number of aromatic carboxylic acids is 2. The number of hydrogen-bond donors (Lipinski definition) is 5. The van der Waals surface area contributed by atoms with Crippen molar-refractivity contribution in [3.63, 3.8) is 0 Å². The standard InChI is InChI=1S/C15H13BrN2O6/c1-4-3-6(16)5(2)7(11(4)19)8-9(14(21)22)12(17)18-13(20)10(8)15(23)24/h3,19H,1-2H3,(H,21,22)(H,23,24)(H3,17,18,20). The second-order valence-electron chi connectivity index (χ2n) is 5.13. The summed E-state index contributed by atoms with van der Waals surface area (Å²) >= 11 is 3.27. The molecule has 0 spiro atoms. The molecule has 0 fully saturated rings. The highest BCUT2D eigenvalue weighted by molar-refractivity contribution is 9.10. The Morgan fingerprint density at radius 2 is 1.67 bits per heavy atom. The smallest absolute Gasteiger partial charge is 0.342 e. The summed E-state index contributed by atoms with van der Waals surface area (Å²) < 4.78 is 0.513. The zero-order chi connectivity index (χ0) is 18.3. The lowest BCUT2D eigenvalue weighted by molar-refractivity contribution is 0.0695. The number of aromatic nitrogens is 1. The second kappa shape index (κ2) is 6.00. The molecule has 2 aromatic rings. The van der Waals surface area contributed by atoms with E-state index in [0.29, 0.717) is 15.6 Å². The Hall–Kier alpha value is -2.81. The number of rotatable bonds is 3. The number of phenolic OH excluding ortho intramolecular Hbond substituents is 1. The van der Waals surface area contributed by atoms with Crippen molar-refractivity contribution in [3.8, 4) is 16.9 Å². The Labute approximate surface area is 143 Å². The Bertz CT molecular complexity index is 922. The van der Waals surface area contributed by atoms with E-state index in [1.54, 1.807) is 19.9 Å². The van der Waals surface area contributed by atoms with Gasteiger partial charge >= 0.3 is 11.9 Å². The van der Waals surface area contributed by atoms with Gasteiger partial charge in [0.2, 0.25) is 0 Å². The number of carboxylic acids is 2. The molecule has 2 rings (SSSR count). The van der Waals surface area contributed by atoms with E-state index in [0.717, 1.165) is 0 Å². The third-order valence-electron chi connectivity index (χ3n) is 3.61. The lowest BCUT2D eigenvalue weighted by Crippen LogP contribution is -2.24. The monoisotopic (exact) mass is 396 g/mol. The highest BCUT2D eigenvalue weighted by Crippen LogP contribution is 2.42. The molecular formula is C15H13BrN2O6. The summed E-state index contributed by atoms with van der Waals surface area (Å²) in [4.78, 5) is 37.2. The molecule has 1 heterocycles. The topological polar surface area (TPSA) is 154 Å². The van der Waals surface area contributed by atoms with Crippen molar-refractivity contribution >= 4 is 33.7 Å². The Morgan fingerprint density at radius 1 is 1.12 bits per heavy atom. The molecule has 0 radical (unpaired) electrons. The molecule has 0 saturated heterocycles. The van der Waals surface area contributed by atoms with E-state index in [1.165, 1.54) is 0 Å². The number of H-pyrrole nitrogens is 1. The SMILES string of the molecule is Cc1cc(Br)c(C)c(-c2c(C(=O)O)c(N)[nH]c(=O)c2C(=O)O)c1O. The van der Waals surface area contributed by atoms with Crippen LogP contribution in [0, 0.1) is 13.8 Å². The summed E-state index contributed by atoms with van der Waals surface area (Å²) in [6, 6.07) is 1.59. The first-order valence-corrected chi connectivity index (χ1v) is 7.38. The third kappa shape index (κ3) is 2.62. The minimum Gasteiger partial charge on any atom is -0.507 e. The first-order chi connectivity index (χ1) is 11.1. The van der Waals surface area contributed by atoms with E-state index in [2.05, 4.69) is 15.9 Å². The molecule has 8 nitrogen and oxygen atoms in total. The average Bonchev–Trinajstić information content (AvgIpc) is 2.44. The van der Waals surface area contributed by atoms with Gasteiger partial charge in [0, 0.05) is 15.6 Å². The van der Waals surface area contributed by atoms with Gasteiger partial charge in [0.05, 0.1) is 0 Å². The number of aryl methyl sites for hydroxylation is 1. The number of pyridine rings is 1. The molecule has 24 heavy (non-hydrogen) atoms. The molecule has 0 amide bonds. The number of nitrogens with two attached hydrogens (primary N) is 1. The van der Waals surface area contributed by atoms with Gasteiger partial charge in [0.1, 0.15) is 22.7 Å². The molecule has 6 N–H and O–H groups in total. The van der Waals surface area contributed by atoms with Gasteiger partial charge in [-0.05, 0) is 31.0 Å². The number of carbonyl (C=O) groups is 2. The average molecular weight is 397 g/mol. The fourth-order valence-electron chi connectivity index (χ4n) is 2.46. The first kappa shape index (κ1) is 17.5. The van der Waals surface area contributed by atoms with Gasteiger partial charge in [-0.15, -0.1) is 0 Å². The van der Waals surface area contributed by atoms with Crippen LogP contribution in [0.4, 0.5) is 5.82 Å². The van der Waals surface area contributed by atoms with Gasteiger partial charge in [-0.25, -0.2) is 9.59 Å². The molecule has 9 heteroatoms. The number of phenols is 1. The van der Waals surface area contributed by atoms with Crippen molar-refractivity contribution < 1.29 is 24.9 Å². The van der Waals surface area contributed by atoms with E-state index in [9.17, 15) is 29.7 Å². The minimum atomic E-state index is -1.63. The van der Waals surface area contributed by atoms with E-state index < -0.39 is 40.0 Å². The summed E-state index contributed by atoms with van der Waals surface area (Å²) in [5, 5.41) is 29.2. The first-order valence-electron chi connectivity index (χ1n) is 6.59. The fraction of sp³-hybridized carbons (Fsp3) is 0.133. The van der Waals surface area contributed by atoms with Gasteiger partial charge in [-0.2, -0.15) is 0 Å². The molecule has 1 aromatic heterocycles. The predicted molar refractivity (Wildman–Crippen MR) is 89.7 cm³/mol. The largest absolute Gasteiger partial charge is 0.507 e. The van der Waals surface area contributed by atoms with Crippen LogP contribution in [0.15, 0.2) is 15.3 Å². The number of hydrogen-bond acceptors (Lipinski definition) is 5. The van der Waals surface area contributed by atoms with Crippen molar-refractivity contribution in [1.29, 1.82) is 0 Å². The highest BCUT2D eigenvalue weighted by atomic mass is 79.9. The number of nitrogens with one attached hydrogen (secondary N) is 1. The second-order valence-corrected chi connectivity index (χ2v) is 5.98. The summed E-state index contributed by atoms with van der Waals surface area (Å²) in [6.07, 6.45) is 0. The van der Waals surface area contributed by atoms with Crippen molar-refractivity contribution in [2.24, 2.45) is 0 Å². The molecule has 0 unspecified atom stereocenters. The zero-order valence-electron chi connectivity index (χ0n) is 12.6. The van der Waals surface area contributed by atoms with E-state index >= 15 is 0 Å². The summed E-state index contributed by atoms with van der Waals surface area (Å²) in [6.45, 7) is 3.10. The lowest BCUT2D eigenvalue weighted by Gasteiger charge is -2.17. The number of benzene rings is 1. The quantitative estimate of drug-likeness (QED) is 0.531. The molecular weight excluding hydrogens is 384 g/mol. The van der Waals surface area contributed by atoms with Crippen LogP contribution in [-0.4, -0.2) is 32.2 Å². The van der Waals surface area contributed by atoms with Crippen LogP contribution in [0.25, 0.3) is 11.1 Å². The molecule has 0 aliphatic carbocycles. The summed E-state index contributed by atoms with van der Waals surface area (Å²) in [7, 11) is 0. The van der Waals surface area contributed by atoms with Crippen molar-refractivity contribution in [2.75, 3.05) is 5.73 Å². The van der Waals surface area contributed by atoms with Crippen LogP contribution >= 0.6 is 15.9 Å². The molecule has 0 atom stereocenters. The number of carboxylic acid groups (broad SMARTS) is 2. The van der Waals surface area contributed by atoms with Gasteiger partial charge in [-0.3, -0.25) is 4.79 Å². The van der Waals surface area contributed by atoms with E-state index in [1.807, 2.05) is 4.98 Å². The van der Waals surface area contributed by atoms with Gasteiger partial charge < -0.3 is 26.0 Å². The molecule has 126 valence electrons. The molecule has 1 aromatic carbocycles. The Kier molecular flexibility index (Phi) is 4.39. The lowest BCUT2D eigenvalue weighted by atomic mass is 9.90. The molecule has 0 aliphatic heterocycles. The summed E-state index contributed by atoms with van der Waals surface area (Å²) in [5.41, 5.74) is 3.35. The number of aromatic amines is 1. The van der Waals surface area contributed by atoms with Crippen LogP contribution in [0.1, 0.15) is 31.8 Å². The van der Waals surface area contributed by atoms with Crippen LogP contribution in [-0.2, 0) is 0 Å². The third-order valence-corrected chi connectivity index (χ3v) is 4.43. The molecule has 0 aliphatic rings. The van der Waals surface area contributed by atoms with Gasteiger partial charge in [-0.1, -0.05) is 15.9 Å². The van der Waals surface area contributed by atoms with Crippen molar-refractivity contribution in [2.45, 2.75) is 13.8 Å². The highest BCUT2D eigenvalue weighted by Gasteiger charge is 2.30. The molecule has 0 saturated carbocycles. The van der Waals surface area contributed by atoms with Crippen LogP contribution < -0.4 is 11.3 Å². The number of halogens is 1. The zero-order valence-corrected chi connectivity index (χ0v) is 14.2. The number of aromatic hydroxyl groups is 1.